The molecule has 5 heteroatoms. The van der Waals surface area contributed by atoms with E-state index in [1.165, 1.54) is 17.3 Å². The highest BCUT2D eigenvalue weighted by Gasteiger charge is 2.17. The number of hydrogen-bond donors (Lipinski definition) is 1. The molecule has 0 radical (unpaired) electrons. The van der Waals surface area contributed by atoms with Crippen molar-refractivity contribution in [2.75, 3.05) is 5.32 Å². The van der Waals surface area contributed by atoms with Gasteiger partial charge in [0.25, 0.3) is 0 Å². The number of aromatic nitrogens is 1. The number of carbonyl (C=O) groups excluding carboxylic acids is 1. The van der Waals surface area contributed by atoms with E-state index >= 15 is 0 Å². The molecule has 0 bridgehead atoms. The molecule has 23 heavy (non-hydrogen) atoms. The quantitative estimate of drug-likeness (QED) is 0.676. The molecule has 2 aromatic carbocycles. The van der Waals surface area contributed by atoms with Crippen molar-refractivity contribution in [1.29, 1.82) is 0 Å². The summed E-state index contributed by atoms with van der Waals surface area (Å²) in [6.07, 6.45) is 0. The minimum Gasteiger partial charge on any atom is -0.325 e. The van der Waals surface area contributed by atoms with E-state index in [9.17, 15) is 4.79 Å². The zero-order valence-corrected chi connectivity index (χ0v) is 14.9. The maximum absolute atomic E-state index is 12.4. The lowest BCUT2D eigenvalue weighted by atomic mass is 10.1. The summed E-state index contributed by atoms with van der Waals surface area (Å²) in [5.41, 5.74) is 4.13. The highest BCUT2D eigenvalue weighted by molar-refractivity contribution is 8.02. The molecule has 1 amide bonds. The van der Waals surface area contributed by atoms with Gasteiger partial charge in [-0.1, -0.05) is 41.6 Å². The molecule has 1 aromatic heterocycles. The van der Waals surface area contributed by atoms with Crippen molar-refractivity contribution in [2.45, 2.75) is 30.4 Å². The van der Waals surface area contributed by atoms with Crippen LogP contribution in [0.4, 0.5) is 5.69 Å². The number of para-hydroxylation sites is 1. The number of nitrogens with zero attached hydrogens (tertiary/aromatic N) is 1. The summed E-state index contributed by atoms with van der Waals surface area (Å²) in [7, 11) is 0. The fraction of sp³-hybridized carbons (Fsp3) is 0.222. The Morgan fingerprint density at radius 2 is 2.00 bits per heavy atom. The third kappa shape index (κ3) is 3.74. The molecule has 3 rings (SSSR count). The predicted molar refractivity (Wildman–Crippen MR) is 99.5 cm³/mol. The monoisotopic (exact) mass is 342 g/mol. The Bertz CT molecular complexity index is 824. The van der Waals surface area contributed by atoms with Crippen LogP contribution >= 0.6 is 23.1 Å². The number of fused-ring (bicyclic) bond motifs is 1. The number of aryl methyl sites for hydroxylation is 2. The van der Waals surface area contributed by atoms with E-state index in [-0.39, 0.29) is 11.2 Å². The third-order valence-electron chi connectivity index (χ3n) is 3.56. The molecular formula is C18H18N2OS2. The summed E-state index contributed by atoms with van der Waals surface area (Å²) < 4.78 is 2.08. The van der Waals surface area contributed by atoms with Gasteiger partial charge in [0, 0.05) is 5.69 Å². The summed E-state index contributed by atoms with van der Waals surface area (Å²) in [6, 6.07) is 14.1. The van der Waals surface area contributed by atoms with E-state index in [1.54, 1.807) is 11.3 Å². The second-order valence-corrected chi connectivity index (χ2v) is 8.13. The first-order chi connectivity index (χ1) is 11.0. The lowest BCUT2D eigenvalue weighted by molar-refractivity contribution is -0.115. The molecule has 0 aliphatic carbocycles. The van der Waals surface area contributed by atoms with Crippen LogP contribution in [0.3, 0.4) is 0 Å². The van der Waals surface area contributed by atoms with Gasteiger partial charge in [-0.05, 0) is 44.5 Å². The van der Waals surface area contributed by atoms with Crippen LogP contribution in [0, 0.1) is 13.8 Å². The average Bonchev–Trinajstić information content (AvgIpc) is 2.92. The van der Waals surface area contributed by atoms with E-state index < -0.39 is 0 Å². The molecule has 1 N–H and O–H groups in total. The Hall–Kier alpha value is -1.85. The summed E-state index contributed by atoms with van der Waals surface area (Å²) in [6.45, 7) is 5.97. The van der Waals surface area contributed by atoms with Gasteiger partial charge < -0.3 is 5.32 Å². The van der Waals surface area contributed by atoms with Crippen LogP contribution < -0.4 is 5.32 Å². The number of nitrogens with one attached hydrogen (secondary N) is 1. The van der Waals surface area contributed by atoms with Gasteiger partial charge in [0.05, 0.1) is 15.5 Å². The van der Waals surface area contributed by atoms with E-state index in [0.29, 0.717) is 0 Å². The Morgan fingerprint density at radius 1 is 1.22 bits per heavy atom. The first kappa shape index (κ1) is 16.0. The van der Waals surface area contributed by atoms with Gasteiger partial charge in [0.1, 0.15) is 0 Å². The smallest absolute Gasteiger partial charge is 0.237 e. The zero-order valence-electron chi connectivity index (χ0n) is 13.3. The van der Waals surface area contributed by atoms with Crippen LogP contribution in [0.1, 0.15) is 18.1 Å². The molecule has 0 unspecified atom stereocenters. The molecule has 0 aliphatic rings. The van der Waals surface area contributed by atoms with E-state index in [2.05, 4.69) is 22.4 Å². The summed E-state index contributed by atoms with van der Waals surface area (Å²) in [5, 5.41) is 2.81. The number of hydrogen-bond acceptors (Lipinski definition) is 4. The average molecular weight is 342 g/mol. The summed E-state index contributed by atoms with van der Waals surface area (Å²) >= 11 is 3.13. The maximum Gasteiger partial charge on any atom is 0.237 e. The van der Waals surface area contributed by atoms with E-state index in [4.69, 9.17) is 0 Å². The van der Waals surface area contributed by atoms with Gasteiger partial charge in [-0.2, -0.15) is 0 Å². The molecule has 0 fully saturated rings. The third-order valence-corrected chi connectivity index (χ3v) is 5.79. The molecule has 1 heterocycles. The molecule has 3 nitrogen and oxygen atoms in total. The highest BCUT2D eigenvalue weighted by Crippen LogP contribution is 2.32. The summed E-state index contributed by atoms with van der Waals surface area (Å²) in [4.78, 5) is 17.0. The van der Waals surface area contributed by atoms with Crippen molar-refractivity contribution in [1.82, 2.24) is 4.98 Å². The molecule has 118 valence electrons. The number of amides is 1. The standard InChI is InChI=1S/C18H18N2OS2/c1-11-8-9-14(12(2)10-11)19-17(21)13(3)22-18-20-15-6-4-5-7-16(15)23-18/h4-10,13H,1-3H3,(H,19,21)/t13-/m1/s1. The van der Waals surface area contributed by atoms with Crippen LogP contribution in [0.25, 0.3) is 10.2 Å². The van der Waals surface area contributed by atoms with Gasteiger partial charge in [-0.25, -0.2) is 4.98 Å². The topological polar surface area (TPSA) is 42.0 Å². The molecule has 0 aliphatic heterocycles. The van der Waals surface area contributed by atoms with Gasteiger partial charge in [-0.3, -0.25) is 4.79 Å². The fourth-order valence-corrected chi connectivity index (χ4v) is 4.51. The second kappa shape index (κ2) is 6.72. The maximum atomic E-state index is 12.4. The van der Waals surface area contributed by atoms with Crippen molar-refractivity contribution in [3.05, 3.63) is 53.6 Å². The SMILES string of the molecule is Cc1ccc(NC(=O)[C@@H](C)Sc2nc3ccccc3s2)c(C)c1. The molecule has 0 saturated carbocycles. The van der Waals surface area contributed by atoms with Gasteiger partial charge in [0.15, 0.2) is 4.34 Å². The lowest BCUT2D eigenvalue weighted by Gasteiger charge is -2.12. The van der Waals surface area contributed by atoms with E-state index in [0.717, 1.165) is 25.8 Å². The molecule has 1 atom stereocenters. The number of rotatable bonds is 4. The van der Waals surface area contributed by atoms with Gasteiger partial charge >= 0.3 is 0 Å². The highest BCUT2D eigenvalue weighted by atomic mass is 32.2. The Balaban J connectivity index is 1.69. The first-order valence-corrected chi connectivity index (χ1v) is 9.13. The largest absolute Gasteiger partial charge is 0.325 e. The van der Waals surface area contributed by atoms with E-state index in [1.807, 2.05) is 51.1 Å². The first-order valence-electron chi connectivity index (χ1n) is 7.43. The molecule has 0 saturated heterocycles. The Kier molecular flexibility index (Phi) is 4.68. The molecular weight excluding hydrogens is 324 g/mol. The molecule has 0 spiro atoms. The van der Waals surface area contributed by atoms with Crippen molar-refractivity contribution >= 4 is 44.9 Å². The summed E-state index contributed by atoms with van der Waals surface area (Å²) in [5.74, 6) is 0.00112. The molecule has 3 aromatic rings. The van der Waals surface area contributed by atoms with Crippen molar-refractivity contribution in [2.24, 2.45) is 0 Å². The van der Waals surface area contributed by atoms with Gasteiger partial charge in [0.2, 0.25) is 5.91 Å². The van der Waals surface area contributed by atoms with Crippen molar-refractivity contribution in [3.8, 4) is 0 Å². The fourth-order valence-electron chi connectivity index (χ4n) is 2.29. The normalized spacial score (nSPS) is 12.3. The van der Waals surface area contributed by atoms with Crippen LogP contribution in [0.2, 0.25) is 0 Å². The lowest BCUT2D eigenvalue weighted by Crippen LogP contribution is -2.22. The van der Waals surface area contributed by atoms with Crippen LogP contribution in [0.5, 0.6) is 0 Å². The van der Waals surface area contributed by atoms with Crippen molar-refractivity contribution in [3.63, 3.8) is 0 Å². The number of benzene rings is 2. The van der Waals surface area contributed by atoms with Gasteiger partial charge in [-0.15, -0.1) is 11.3 Å². The van der Waals surface area contributed by atoms with Crippen LogP contribution in [-0.4, -0.2) is 16.1 Å². The minimum absolute atomic E-state index is 0.00112. The Labute approximate surface area is 144 Å². The number of thiazole rings is 1. The number of thioether (sulfide) groups is 1. The van der Waals surface area contributed by atoms with Crippen molar-refractivity contribution < 1.29 is 4.79 Å². The minimum atomic E-state index is -0.198. The zero-order chi connectivity index (χ0) is 16.4. The van der Waals surface area contributed by atoms with Crippen LogP contribution in [0.15, 0.2) is 46.8 Å². The number of carbonyl (C=O) groups is 1. The predicted octanol–water partition coefficient (Wildman–Crippen LogP) is 5.03. The number of anilines is 1. The second-order valence-electron chi connectivity index (χ2n) is 5.52. The Morgan fingerprint density at radius 3 is 2.74 bits per heavy atom. The van der Waals surface area contributed by atoms with Crippen LogP contribution in [-0.2, 0) is 4.79 Å².